The second kappa shape index (κ2) is 10.0. The van der Waals surface area contributed by atoms with Crippen LogP contribution >= 0.6 is 11.6 Å². The van der Waals surface area contributed by atoms with Crippen LogP contribution in [0, 0.1) is 17.8 Å². The first-order chi connectivity index (χ1) is 12.3. The Kier molecular flexibility index (Phi) is 7.71. The van der Waals surface area contributed by atoms with Gasteiger partial charge in [-0.3, -0.25) is 0 Å². The Morgan fingerprint density at radius 3 is 2.08 bits per heavy atom. The molecule has 25 heavy (non-hydrogen) atoms. The molecule has 140 valence electrons. The van der Waals surface area contributed by atoms with E-state index >= 15 is 0 Å². The maximum Gasteiger partial charge on any atom is 0.0440 e. The Morgan fingerprint density at radius 2 is 1.44 bits per heavy atom. The summed E-state index contributed by atoms with van der Waals surface area (Å²) in [4.78, 5) is 0. The van der Waals surface area contributed by atoms with Crippen LogP contribution in [0.5, 0.6) is 0 Å². The highest BCUT2D eigenvalue weighted by atomic mass is 35.5. The Labute approximate surface area is 160 Å². The molecule has 0 aliphatic heterocycles. The fraction of sp³-hybridized carbons (Fsp3) is 0.750. The average Bonchev–Trinajstić information content (AvgIpc) is 2.66. The molecule has 0 amide bonds. The predicted octanol–water partition coefficient (Wildman–Crippen LogP) is 8.39. The molecule has 2 aliphatic carbocycles. The summed E-state index contributed by atoms with van der Waals surface area (Å²) in [7, 11) is 0. The van der Waals surface area contributed by atoms with Crippen LogP contribution < -0.4 is 0 Å². The van der Waals surface area contributed by atoms with Crippen molar-refractivity contribution < 1.29 is 0 Å². The van der Waals surface area contributed by atoms with Gasteiger partial charge >= 0.3 is 0 Å². The quantitative estimate of drug-likeness (QED) is 0.428. The Balaban J connectivity index is 1.39. The van der Waals surface area contributed by atoms with Crippen molar-refractivity contribution in [2.24, 2.45) is 17.8 Å². The molecule has 1 heteroatoms. The summed E-state index contributed by atoms with van der Waals surface area (Å²) < 4.78 is 0. The first-order valence-corrected chi connectivity index (χ1v) is 11.4. The van der Waals surface area contributed by atoms with Gasteiger partial charge in [-0.05, 0) is 73.8 Å². The molecular formula is C24H37Cl. The average molecular weight is 361 g/mol. The summed E-state index contributed by atoms with van der Waals surface area (Å²) in [5.74, 6) is 3.78. The molecule has 0 spiro atoms. The maximum absolute atomic E-state index is 6.42. The van der Waals surface area contributed by atoms with Crippen molar-refractivity contribution in [1.82, 2.24) is 0 Å². The monoisotopic (exact) mass is 360 g/mol. The Bertz CT molecular complexity index is 493. The summed E-state index contributed by atoms with van der Waals surface area (Å²) >= 11 is 6.42. The molecule has 0 atom stereocenters. The number of halogens is 1. The van der Waals surface area contributed by atoms with Gasteiger partial charge in [0.1, 0.15) is 0 Å². The summed E-state index contributed by atoms with van der Waals surface area (Å²) in [6.45, 7) is 2.31. The highest BCUT2D eigenvalue weighted by Crippen LogP contribution is 2.45. The lowest BCUT2D eigenvalue weighted by atomic mass is 9.68. The van der Waals surface area contributed by atoms with Crippen molar-refractivity contribution in [1.29, 1.82) is 0 Å². The number of benzene rings is 1. The first kappa shape index (κ1) is 19.3. The highest BCUT2D eigenvalue weighted by Gasteiger charge is 2.31. The van der Waals surface area contributed by atoms with E-state index in [-0.39, 0.29) is 0 Å². The van der Waals surface area contributed by atoms with Gasteiger partial charge in [-0.1, -0.05) is 81.7 Å². The first-order valence-electron chi connectivity index (χ1n) is 11.0. The van der Waals surface area contributed by atoms with Crippen LogP contribution in [0.25, 0.3) is 0 Å². The molecule has 2 saturated carbocycles. The second-order valence-electron chi connectivity index (χ2n) is 8.76. The number of hydrogen-bond acceptors (Lipinski definition) is 0. The largest absolute Gasteiger partial charge is 0.0840 e. The van der Waals surface area contributed by atoms with E-state index in [0.29, 0.717) is 5.92 Å². The molecule has 0 aromatic heterocycles. The van der Waals surface area contributed by atoms with Crippen LogP contribution in [0.4, 0.5) is 0 Å². The molecule has 0 nitrogen and oxygen atoms in total. The Morgan fingerprint density at radius 1 is 0.800 bits per heavy atom. The lowest BCUT2D eigenvalue weighted by Crippen LogP contribution is -2.25. The molecule has 2 aliphatic rings. The minimum absolute atomic E-state index is 0.708. The van der Waals surface area contributed by atoms with Gasteiger partial charge in [0.2, 0.25) is 0 Å². The molecule has 3 rings (SSSR count). The lowest BCUT2D eigenvalue weighted by molar-refractivity contribution is 0.155. The third kappa shape index (κ3) is 5.49. The van der Waals surface area contributed by atoms with Crippen molar-refractivity contribution in [3.8, 4) is 0 Å². The van der Waals surface area contributed by atoms with Gasteiger partial charge in [0, 0.05) is 5.02 Å². The van der Waals surface area contributed by atoms with Crippen molar-refractivity contribution in [3.05, 3.63) is 34.9 Å². The molecule has 1 aromatic carbocycles. The zero-order chi connectivity index (χ0) is 17.5. The summed E-state index contributed by atoms with van der Waals surface area (Å²) in [5.41, 5.74) is 1.40. The molecular weight excluding hydrogens is 324 g/mol. The van der Waals surface area contributed by atoms with Crippen LogP contribution in [0.2, 0.25) is 5.02 Å². The van der Waals surface area contributed by atoms with Gasteiger partial charge in [-0.25, -0.2) is 0 Å². The zero-order valence-corrected chi connectivity index (χ0v) is 16.9. The van der Waals surface area contributed by atoms with Gasteiger partial charge < -0.3 is 0 Å². The van der Waals surface area contributed by atoms with Crippen LogP contribution in [0.1, 0.15) is 102 Å². The summed E-state index contributed by atoms with van der Waals surface area (Å²) in [5, 5.41) is 0.981. The van der Waals surface area contributed by atoms with Gasteiger partial charge in [0.25, 0.3) is 0 Å². The van der Waals surface area contributed by atoms with Crippen LogP contribution in [0.3, 0.4) is 0 Å². The van der Waals surface area contributed by atoms with E-state index in [1.165, 1.54) is 89.0 Å². The normalized spacial score (nSPS) is 30.3. The molecule has 0 unspecified atom stereocenters. The minimum atomic E-state index is 0.708. The van der Waals surface area contributed by atoms with E-state index in [1.807, 2.05) is 0 Å². The van der Waals surface area contributed by atoms with Crippen molar-refractivity contribution in [2.75, 3.05) is 0 Å². The minimum Gasteiger partial charge on any atom is -0.0840 e. The Hall–Kier alpha value is -0.490. The zero-order valence-electron chi connectivity index (χ0n) is 16.2. The third-order valence-electron chi connectivity index (χ3n) is 7.14. The van der Waals surface area contributed by atoms with E-state index in [2.05, 4.69) is 31.2 Å². The lowest BCUT2D eigenvalue weighted by Gasteiger charge is -2.38. The standard InChI is InChI=1S/C24H37Cl/c1-2-3-4-5-8-19-11-13-20(14-12-19)21-15-17-22(18-16-21)23-9-6-7-10-24(23)25/h6-7,9-10,19-22H,2-5,8,11-18H2,1H3. The summed E-state index contributed by atoms with van der Waals surface area (Å²) in [6, 6.07) is 8.51. The van der Waals surface area contributed by atoms with E-state index in [0.717, 1.165) is 22.8 Å². The van der Waals surface area contributed by atoms with Crippen LogP contribution in [-0.4, -0.2) is 0 Å². The number of rotatable bonds is 7. The maximum atomic E-state index is 6.42. The molecule has 1 aromatic rings. The van der Waals surface area contributed by atoms with Crippen LogP contribution in [-0.2, 0) is 0 Å². The van der Waals surface area contributed by atoms with E-state index < -0.39 is 0 Å². The van der Waals surface area contributed by atoms with Gasteiger partial charge in [-0.15, -0.1) is 0 Å². The van der Waals surface area contributed by atoms with Crippen molar-refractivity contribution >= 4 is 11.6 Å². The second-order valence-corrected chi connectivity index (χ2v) is 9.17. The van der Waals surface area contributed by atoms with E-state index in [9.17, 15) is 0 Å². The van der Waals surface area contributed by atoms with Gasteiger partial charge in [0.05, 0.1) is 0 Å². The summed E-state index contributed by atoms with van der Waals surface area (Å²) in [6.07, 6.45) is 18.9. The predicted molar refractivity (Wildman–Crippen MR) is 110 cm³/mol. The molecule has 2 fully saturated rings. The molecule has 0 radical (unpaired) electrons. The molecule has 0 N–H and O–H groups in total. The van der Waals surface area contributed by atoms with Crippen LogP contribution in [0.15, 0.2) is 24.3 Å². The van der Waals surface area contributed by atoms with Crippen molar-refractivity contribution in [3.63, 3.8) is 0 Å². The fourth-order valence-corrected chi connectivity index (χ4v) is 5.81. The SMILES string of the molecule is CCCCCCC1CCC(C2CCC(c3ccccc3Cl)CC2)CC1. The topological polar surface area (TPSA) is 0 Å². The molecule has 0 bridgehead atoms. The third-order valence-corrected chi connectivity index (χ3v) is 7.49. The number of hydrogen-bond donors (Lipinski definition) is 0. The number of unbranched alkanes of at least 4 members (excludes halogenated alkanes) is 3. The van der Waals surface area contributed by atoms with E-state index in [4.69, 9.17) is 11.6 Å². The smallest absolute Gasteiger partial charge is 0.0440 e. The fourth-order valence-electron chi connectivity index (χ4n) is 5.52. The van der Waals surface area contributed by atoms with E-state index in [1.54, 1.807) is 0 Å². The van der Waals surface area contributed by atoms with Gasteiger partial charge in [-0.2, -0.15) is 0 Å². The van der Waals surface area contributed by atoms with Crippen molar-refractivity contribution in [2.45, 2.75) is 96.3 Å². The molecule has 0 saturated heterocycles. The van der Waals surface area contributed by atoms with Gasteiger partial charge in [0.15, 0.2) is 0 Å². The highest BCUT2D eigenvalue weighted by molar-refractivity contribution is 6.31. The molecule has 0 heterocycles.